The van der Waals surface area contributed by atoms with Crippen molar-refractivity contribution in [2.75, 3.05) is 7.11 Å². The molecule has 0 bridgehead atoms. The number of hydrogen-bond acceptors (Lipinski definition) is 3. The van der Waals surface area contributed by atoms with Gasteiger partial charge in [-0.05, 0) is 18.4 Å². The molecular weight excluding hydrogens is 266 g/mol. The largest absolute Gasteiger partial charge is 0.468 e. The average molecular weight is 285 g/mol. The van der Waals surface area contributed by atoms with Gasteiger partial charge in [0.15, 0.2) is 0 Å². The van der Waals surface area contributed by atoms with Crippen molar-refractivity contribution >= 4 is 11.9 Å². The molecule has 1 aliphatic carbocycles. The molecule has 1 heterocycles. The van der Waals surface area contributed by atoms with Crippen molar-refractivity contribution in [1.82, 2.24) is 4.90 Å². The maximum atomic E-state index is 12.7. The highest BCUT2D eigenvalue weighted by molar-refractivity contribution is 6.00. The van der Waals surface area contributed by atoms with E-state index in [0.717, 1.165) is 18.4 Å². The zero-order valence-electron chi connectivity index (χ0n) is 12.1. The van der Waals surface area contributed by atoms with Gasteiger partial charge in [0.1, 0.15) is 5.92 Å². The van der Waals surface area contributed by atoms with Crippen molar-refractivity contribution in [3.8, 4) is 0 Å². The standard InChI is InChI=1S/C17H19NO3/c1-21-17(20)15-13-9-5-6-10-14(13)18(16(15)19)11-12-7-3-2-4-8-12/h2-4,6-8,10,13-15H,5,9,11H2,1H3/t13-,14-,15?/m0/s1. The molecule has 2 aliphatic rings. The van der Waals surface area contributed by atoms with Gasteiger partial charge in [0, 0.05) is 12.5 Å². The number of rotatable bonds is 3. The minimum Gasteiger partial charge on any atom is -0.468 e. The summed E-state index contributed by atoms with van der Waals surface area (Å²) in [4.78, 5) is 26.5. The van der Waals surface area contributed by atoms with Gasteiger partial charge < -0.3 is 9.64 Å². The van der Waals surface area contributed by atoms with Crippen LogP contribution in [0, 0.1) is 11.8 Å². The molecule has 1 aromatic rings. The average Bonchev–Trinajstić information content (AvgIpc) is 2.80. The number of fused-ring (bicyclic) bond motifs is 1. The molecule has 1 amide bonds. The van der Waals surface area contributed by atoms with Gasteiger partial charge in [-0.1, -0.05) is 42.5 Å². The molecule has 21 heavy (non-hydrogen) atoms. The Kier molecular flexibility index (Phi) is 3.78. The van der Waals surface area contributed by atoms with E-state index in [1.807, 2.05) is 35.2 Å². The Hall–Kier alpha value is -2.10. The van der Waals surface area contributed by atoms with Crippen molar-refractivity contribution in [2.24, 2.45) is 11.8 Å². The van der Waals surface area contributed by atoms with Crippen LogP contribution in [0.25, 0.3) is 0 Å². The van der Waals surface area contributed by atoms with E-state index < -0.39 is 11.9 Å². The molecule has 1 saturated heterocycles. The summed E-state index contributed by atoms with van der Waals surface area (Å²) < 4.78 is 4.84. The van der Waals surface area contributed by atoms with Gasteiger partial charge in [-0.25, -0.2) is 0 Å². The molecule has 0 aromatic heterocycles. The van der Waals surface area contributed by atoms with E-state index in [0.29, 0.717) is 6.54 Å². The second kappa shape index (κ2) is 5.72. The number of benzene rings is 1. The van der Waals surface area contributed by atoms with Crippen LogP contribution in [0.5, 0.6) is 0 Å². The molecule has 0 radical (unpaired) electrons. The number of hydrogen-bond donors (Lipinski definition) is 0. The number of carbonyl (C=O) groups excluding carboxylic acids is 2. The van der Waals surface area contributed by atoms with Crippen LogP contribution in [0.4, 0.5) is 0 Å². The number of esters is 1. The summed E-state index contributed by atoms with van der Waals surface area (Å²) in [5.41, 5.74) is 1.08. The number of ether oxygens (including phenoxy) is 1. The van der Waals surface area contributed by atoms with Crippen molar-refractivity contribution in [2.45, 2.75) is 25.4 Å². The highest BCUT2D eigenvalue weighted by Gasteiger charge is 2.51. The van der Waals surface area contributed by atoms with Gasteiger partial charge in [-0.15, -0.1) is 0 Å². The number of amides is 1. The fourth-order valence-electron chi connectivity index (χ4n) is 3.41. The summed E-state index contributed by atoms with van der Waals surface area (Å²) in [6, 6.07) is 9.88. The molecule has 4 heteroatoms. The van der Waals surface area contributed by atoms with Gasteiger partial charge in [0.2, 0.25) is 5.91 Å². The van der Waals surface area contributed by atoms with Crippen LogP contribution in [0.15, 0.2) is 42.5 Å². The minimum atomic E-state index is -0.645. The second-order valence-electron chi connectivity index (χ2n) is 5.61. The van der Waals surface area contributed by atoms with E-state index in [4.69, 9.17) is 4.74 Å². The fourth-order valence-corrected chi connectivity index (χ4v) is 3.41. The quantitative estimate of drug-likeness (QED) is 0.486. The number of carbonyl (C=O) groups is 2. The van der Waals surface area contributed by atoms with Crippen LogP contribution < -0.4 is 0 Å². The van der Waals surface area contributed by atoms with Crippen LogP contribution in [-0.4, -0.2) is 29.9 Å². The predicted molar refractivity (Wildman–Crippen MR) is 78.2 cm³/mol. The van der Waals surface area contributed by atoms with E-state index in [9.17, 15) is 9.59 Å². The summed E-state index contributed by atoms with van der Waals surface area (Å²) in [5.74, 6) is -1.11. The molecule has 3 atom stereocenters. The number of likely N-dealkylation sites (tertiary alicyclic amines) is 1. The van der Waals surface area contributed by atoms with Gasteiger partial charge in [0.05, 0.1) is 13.2 Å². The molecular formula is C17H19NO3. The van der Waals surface area contributed by atoms with E-state index in [2.05, 4.69) is 12.2 Å². The molecule has 0 N–H and O–H groups in total. The number of methoxy groups -OCH3 is 1. The summed E-state index contributed by atoms with van der Waals surface area (Å²) in [6.45, 7) is 0.540. The highest BCUT2D eigenvalue weighted by Crippen LogP contribution is 2.39. The SMILES string of the molecule is COC(=O)C1C(=O)N(Cc2ccccc2)[C@H]2C=CCC[C@H]12. The first kappa shape index (κ1) is 13.9. The molecule has 110 valence electrons. The molecule has 1 fully saturated rings. The monoisotopic (exact) mass is 285 g/mol. The lowest BCUT2D eigenvalue weighted by molar-refractivity contribution is -0.151. The third-order valence-electron chi connectivity index (χ3n) is 4.43. The summed E-state index contributed by atoms with van der Waals surface area (Å²) in [6.07, 6.45) is 5.95. The summed E-state index contributed by atoms with van der Waals surface area (Å²) >= 11 is 0. The van der Waals surface area contributed by atoms with E-state index in [1.54, 1.807) is 0 Å². The Morgan fingerprint density at radius 2 is 2.10 bits per heavy atom. The minimum absolute atomic E-state index is 0.00977. The van der Waals surface area contributed by atoms with E-state index in [-0.39, 0.29) is 17.9 Å². The maximum absolute atomic E-state index is 12.7. The zero-order chi connectivity index (χ0) is 14.8. The lowest BCUT2D eigenvalue weighted by atomic mass is 9.83. The molecule has 3 rings (SSSR count). The van der Waals surface area contributed by atoms with Crippen molar-refractivity contribution in [3.05, 3.63) is 48.0 Å². The van der Waals surface area contributed by atoms with E-state index in [1.165, 1.54) is 7.11 Å². The van der Waals surface area contributed by atoms with Crippen LogP contribution in [0.1, 0.15) is 18.4 Å². The topological polar surface area (TPSA) is 46.6 Å². The van der Waals surface area contributed by atoms with Crippen LogP contribution in [0.3, 0.4) is 0 Å². The molecule has 0 spiro atoms. The van der Waals surface area contributed by atoms with Gasteiger partial charge in [0.25, 0.3) is 0 Å². The third kappa shape index (κ3) is 2.46. The van der Waals surface area contributed by atoms with Crippen molar-refractivity contribution < 1.29 is 14.3 Å². The fraction of sp³-hybridized carbons (Fsp3) is 0.412. The molecule has 0 saturated carbocycles. The van der Waals surface area contributed by atoms with Gasteiger partial charge in [-0.3, -0.25) is 9.59 Å². The van der Waals surface area contributed by atoms with E-state index >= 15 is 0 Å². The van der Waals surface area contributed by atoms with Crippen LogP contribution in [-0.2, 0) is 20.9 Å². The molecule has 1 aromatic carbocycles. The Balaban J connectivity index is 1.88. The zero-order valence-corrected chi connectivity index (χ0v) is 12.1. The number of allylic oxidation sites excluding steroid dienone is 1. The predicted octanol–water partition coefficient (Wildman–Crippen LogP) is 2.15. The maximum Gasteiger partial charge on any atom is 0.318 e. The Bertz CT molecular complexity index is 567. The molecule has 1 aliphatic heterocycles. The first-order valence-electron chi connectivity index (χ1n) is 7.31. The van der Waals surface area contributed by atoms with Crippen LogP contribution >= 0.6 is 0 Å². The highest BCUT2D eigenvalue weighted by atomic mass is 16.5. The summed E-state index contributed by atoms with van der Waals surface area (Å²) in [5, 5.41) is 0. The molecule has 1 unspecified atom stereocenters. The normalized spacial score (nSPS) is 27.6. The summed E-state index contributed by atoms with van der Waals surface area (Å²) in [7, 11) is 1.35. The molecule has 4 nitrogen and oxygen atoms in total. The van der Waals surface area contributed by atoms with Gasteiger partial charge >= 0.3 is 5.97 Å². The van der Waals surface area contributed by atoms with Crippen molar-refractivity contribution in [1.29, 1.82) is 0 Å². The van der Waals surface area contributed by atoms with Gasteiger partial charge in [-0.2, -0.15) is 0 Å². The Morgan fingerprint density at radius 1 is 1.33 bits per heavy atom. The Morgan fingerprint density at radius 3 is 2.81 bits per heavy atom. The van der Waals surface area contributed by atoms with Crippen molar-refractivity contribution in [3.63, 3.8) is 0 Å². The first-order valence-corrected chi connectivity index (χ1v) is 7.31. The number of nitrogens with zero attached hydrogens (tertiary/aromatic N) is 1. The lowest BCUT2D eigenvalue weighted by Crippen LogP contribution is -2.34. The smallest absolute Gasteiger partial charge is 0.318 e. The first-order chi connectivity index (χ1) is 10.2. The lowest BCUT2D eigenvalue weighted by Gasteiger charge is -2.28. The second-order valence-corrected chi connectivity index (χ2v) is 5.61. The third-order valence-corrected chi connectivity index (χ3v) is 4.43. The van der Waals surface area contributed by atoms with Crippen LogP contribution in [0.2, 0.25) is 0 Å². The Labute approximate surface area is 124 Å².